The molecule has 0 spiro atoms. The molecule has 104 valence electrons. The molecular formula is C17H14ClN3. The second kappa shape index (κ2) is 6.37. The van der Waals surface area contributed by atoms with Crippen molar-refractivity contribution in [3.63, 3.8) is 0 Å². The fourth-order valence-electron chi connectivity index (χ4n) is 2.11. The maximum Gasteiger partial charge on any atom is 0.111 e. The first-order chi connectivity index (χ1) is 10.3. The highest BCUT2D eigenvalue weighted by molar-refractivity contribution is 6.30. The van der Waals surface area contributed by atoms with Crippen LogP contribution >= 0.6 is 11.6 Å². The van der Waals surface area contributed by atoms with Crippen LogP contribution in [-0.4, -0.2) is 9.97 Å². The Morgan fingerprint density at radius 3 is 1.81 bits per heavy atom. The van der Waals surface area contributed by atoms with Crippen molar-refractivity contribution >= 4 is 17.3 Å². The molecule has 3 aromatic rings. The molecular weight excluding hydrogens is 282 g/mol. The molecule has 0 aliphatic rings. The molecule has 2 heterocycles. The molecule has 0 saturated heterocycles. The summed E-state index contributed by atoms with van der Waals surface area (Å²) in [6, 6.07) is 19.2. The molecule has 0 aliphatic heterocycles. The third-order valence-corrected chi connectivity index (χ3v) is 3.37. The summed E-state index contributed by atoms with van der Waals surface area (Å²) in [5.74, 6) is 0. The van der Waals surface area contributed by atoms with Crippen molar-refractivity contribution in [3.8, 4) is 0 Å². The quantitative estimate of drug-likeness (QED) is 0.778. The maximum atomic E-state index is 5.93. The number of halogens is 1. The lowest BCUT2D eigenvalue weighted by Gasteiger charge is -2.19. The third-order valence-electron chi connectivity index (χ3n) is 3.12. The Kier molecular flexibility index (Phi) is 4.12. The Labute approximate surface area is 128 Å². The zero-order valence-corrected chi connectivity index (χ0v) is 12.0. The van der Waals surface area contributed by atoms with Crippen LogP contribution in [0.15, 0.2) is 73.1 Å². The number of rotatable bonds is 4. The van der Waals surface area contributed by atoms with Crippen molar-refractivity contribution in [3.05, 3.63) is 89.5 Å². The van der Waals surface area contributed by atoms with Gasteiger partial charge in [-0.2, -0.15) is 0 Å². The van der Waals surface area contributed by atoms with Gasteiger partial charge < -0.3 is 5.32 Å². The van der Waals surface area contributed by atoms with Gasteiger partial charge >= 0.3 is 0 Å². The van der Waals surface area contributed by atoms with Crippen LogP contribution in [0, 0.1) is 0 Å². The lowest BCUT2D eigenvalue weighted by atomic mass is 10.1. The van der Waals surface area contributed by atoms with Gasteiger partial charge in [-0.05, 0) is 48.5 Å². The average Bonchev–Trinajstić information content (AvgIpc) is 2.56. The van der Waals surface area contributed by atoms with Gasteiger partial charge in [0.05, 0.1) is 11.4 Å². The summed E-state index contributed by atoms with van der Waals surface area (Å²) in [4.78, 5) is 8.88. The van der Waals surface area contributed by atoms with Crippen LogP contribution in [0.5, 0.6) is 0 Å². The highest BCUT2D eigenvalue weighted by Gasteiger charge is 2.16. The first kappa shape index (κ1) is 13.6. The van der Waals surface area contributed by atoms with E-state index in [2.05, 4.69) is 15.3 Å². The third kappa shape index (κ3) is 3.38. The van der Waals surface area contributed by atoms with Gasteiger partial charge in [-0.1, -0.05) is 23.7 Å². The maximum absolute atomic E-state index is 5.93. The molecule has 0 bridgehead atoms. The van der Waals surface area contributed by atoms with E-state index in [4.69, 9.17) is 11.6 Å². The number of aromatic nitrogens is 2. The van der Waals surface area contributed by atoms with Gasteiger partial charge in [-0.25, -0.2) is 0 Å². The van der Waals surface area contributed by atoms with E-state index in [1.807, 2.05) is 60.7 Å². The van der Waals surface area contributed by atoms with Crippen LogP contribution in [0.1, 0.15) is 17.4 Å². The van der Waals surface area contributed by atoms with Gasteiger partial charge in [-0.3, -0.25) is 9.97 Å². The lowest BCUT2D eigenvalue weighted by molar-refractivity contribution is 0.847. The summed E-state index contributed by atoms with van der Waals surface area (Å²) in [7, 11) is 0. The molecule has 4 heteroatoms. The Hall–Kier alpha value is -2.39. The number of pyridine rings is 2. The van der Waals surface area contributed by atoms with E-state index < -0.39 is 0 Å². The summed E-state index contributed by atoms with van der Waals surface area (Å²) in [6.45, 7) is 0. The van der Waals surface area contributed by atoms with Gasteiger partial charge in [0.25, 0.3) is 0 Å². The fourth-order valence-corrected chi connectivity index (χ4v) is 2.23. The molecule has 0 fully saturated rings. The Balaban J connectivity index is 1.95. The Bertz CT molecular complexity index is 645. The van der Waals surface area contributed by atoms with E-state index in [9.17, 15) is 0 Å². The van der Waals surface area contributed by atoms with E-state index in [0.29, 0.717) is 5.02 Å². The molecule has 2 aromatic heterocycles. The molecule has 0 amide bonds. The first-order valence-electron chi connectivity index (χ1n) is 6.67. The number of hydrogen-bond donors (Lipinski definition) is 1. The van der Waals surface area contributed by atoms with Crippen LogP contribution in [-0.2, 0) is 0 Å². The molecule has 1 N–H and O–H groups in total. The molecule has 0 radical (unpaired) electrons. The highest BCUT2D eigenvalue weighted by Crippen LogP contribution is 2.24. The van der Waals surface area contributed by atoms with E-state index in [-0.39, 0.29) is 6.04 Å². The summed E-state index contributed by atoms with van der Waals surface area (Å²) in [6.07, 6.45) is 3.57. The molecule has 0 aliphatic carbocycles. The topological polar surface area (TPSA) is 37.8 Å². The molecule has 21 heavy (non-hydrogen) atoms. The number of hydrogen-bond acceptors (Lipinski definition) is 3. The smallest absolute Gasteiger partial charge is 0.111 e. The van der Waals surface area contributed by atoms with Crippen molar-refractivity contribution in [2.75, 3.05) is 5.32 Å². The van der Waals surface area contributed by atoms with Gasteiger partial charge in [-0.15, -0.1) is 0 Å². The minimum Gasteiger partial charge on any atom is -0.372 e. The second-order valence-corrected chi connectivity index (χ2v) is 5.03. The zero-order valence-electron chi connectivity index (χ0n) is 11.3. The normalized spacial score (nSPS) is 10.6. The van der Waals surface area contributed by atoms with Gasteiger partial charge in [0, 0.05) is 23.1 Å². The Morgan fingerprint density at radius 2 is 1.33 bits per heavy atom. The van der Waals surface area contributed by atoms with Crippen molar-refractivity contribution in [2.45, 2.75) is 6.04 Å². The molecule has 3 rings (SSSR count). The zero-order chi connectivity index (χ0) is 14.5. The van der Waals surface area contributed by atoms with Crippen LogP contribution < -0.4 is 5.32 Å². The van der Waals surface area contributed by atoms with Crippen molar-refractivity contribution in [2.24, 2.45) is 0 Å². The molecule has 0 atom stereocenters. The van der Waals surface area contributed by atoms with Gasteiger partial charge in [0.15, 0.2) is 0 Å². The molecule has 1 aromatic carbocycles. The minimum absolute atomic E-state index is 0.103. The Morgan fingerprint density at radius 1 is 0.762 bits per heavy atom. The van der Waals surface area contributed by atoms with Crippen molar-refractivity contribution in [1.82, 2.24) is 9.97 Å². The summed E-state index contributed by atoms with van der Waals surface area (Å²) >= 11 is 5.93. The largest absolute Gasteiger partial charge is 0.372 e. The number of nitrogens with zero attached hydrogens (tertiary/aromatic N) is 2. The molecule has 0 saturated carbocycles. The first-order valence-corrected chi connectivity index (χ1v) is 7.05. The van der Waals surface area contributed by atoms with Crippen LogP contribution in [0.2, 0.25) is 5.02 Å². The van der Waals surface area contributed by atoms with Crippen LogP contribution in [0.25, 0.3) is 0 Å². The summed E-state index contributed by atoms with van der Waals surface area (Å²) in [5, 5.41) is 4.17. The molecule has 3 nitrogen and oxygen atoms in total. The monoisotopic (exact) mass is 295 g/mol. The second-order valence-electron chi connectivity index (χ2n) is 4.59. The SMILES string of the molecule is Clc1ccc(NC(c2ccccn2)c2ccccn2)cc1. The molecule has 0 unspecified atom stereocenters. The van der Waals surface area contributed by atoms with E-state index in [1.54, 1.807) is 12.4 Å². The van der Waals surface area contributed by atoms with E-state index in [1.165, 1.54) is 0 Å². The average molecular weight is 296 g/mol. The van der Waals surface area contributed by atoms with E-state index in [0.717, 1.165) is 17.1 Å². The van der Waals surface area contributed by atoms with Crippen LogP contribution in [0.4, 0.5) is 5.69 Å². The predicted octanol–water partition coefficient (Wildman–Crippen LogP) is 4.33. The van der Waals surface area contributed by atoms with Crippen molar-refractivity contribution < 1.29 is 0 Å². The van der Waals surface area contributed by atoms with Gasteiger partial charge in [0.1, 0.15) is 6.04 Å². The number of nitrogens with one attached hydrogen (secondary N) is 1. The number of benzene rings is 1. The summed E-state index contributed by atoms with van der Waals surface area (Å²) in [5.41, 5.74) is 2.82. The van der Waals surface area contributed by atoms with Crippen LogP contribution in [0.3, 0.4) is 0 Å². The fraction of sp³-hybridized carbons (Fsp3) is 0.0588. The summed E-state index contributed by atoms with van der Waals surface area (Å²) < 4.78 is 0. The number of anilines is 1. The minimum atomic E-state index is -0.103. The lowest BCUT2D eigenvalue weighted by Crippen LogP contribution is -2.15. The van der Waals surface area contributed by atoms with Gasteiger partial charge in [0.2, 0.25) is 0 Å². The highest BCUT2D eigenvalue weighted by atomic mass is 35.5. The van der Waals surface area contributed by atoms with Crippen molar-refractivity contribution in [1.29, 1.82) is 0 Å². The van der Waals surface area contributed by atoms with E-state index >= 15 is 0 Å². The predicted molar refractivity (Wildman–Crippen MR) is 85.4 cm³/mol. The standard InChI is InChI=1S/C17H14ClN3/c18-13-7-9-14(10-8-13)21-17(15-5-1-3-11-19-15)16-6-2-4-12-20-16/h1-12,17,21H.